The van der Waals surface area contributed by atoms with E-state index in [1.54, 1.807) is 21.1 Å². The Balaban J connectivity index is 1.64. The summed E-state index contributed by atoms with van der Waals surface area (Å²) in [5.74, 6) is 2.54. The predicted molar refractivity (Wildman–Crippen MR) is 150 cm³/mol. The summed E-state index contributed by atoms with van der Waals surface area (Å²) in [5.41, 5.74) is 6.47. The molecule has 1 aliphatic heterocycles. The van der Waals surface area contributed by atoms with Crippen molar-refractivity contribution in [1.29, 1.82) is 0 Å². The van der Waals surface area contributed by atoms with E-state index >= 15 is 0 Å². The van der Waals surface area contributed by atoms with Crippen LogP contribution in [0.1, 0.15) is 74.6 Å². The molecule has 2 aliphatic rings. The Bertz CT molecular complexity index is 1310. The average Bonchev–Trinajstić information content (AvgIpc) is 3.06. The summed E-state index contributed by atoms with van der Waals surface area (Å²) in [6.45, 7) is 6.06. The van der Waals surface area contributed by atoms with Crippen LogP contribution in [0.5, 0.6) is 11.5 Å². The highest BCUT2D eigenvalue weighted by atomic mass is 16.5. The Morgan fingerprint density at radius 2 is 1.73 bits per heavy atom. The zero-order valence-corrected chi connectivity index (χ0v) is 22.4. The molecule has 0 bridgehead atoms. The fraction of sp³-hybridized carbons (Fsp3) is 0.375. The molecule has 1 fully saturated rings. The SMILES string of the molecule is COc1ccc(C2CCC3C(=Nc4ccccc4N(C(C)=O)C3c3cc(C(C)C)ccc3OC)C2)cc1. The van der Waals surface area contributed by atoms with Crippen LogP contribution in [0.4, 0.5) is 11.4 Å². The lowest BCUT2D eigenvalue weighted by molar-refractivity contribution is -0.117. The zero-order chi connectivity index (χ0) is 26.1. The van der Waals surface area contributed by atoms with E-state index in [1.807, 2.05) is 41.3 Å². The monoisotopic (exact) mass is 496 g/mol. The van der Waals surface area contributed by atoms with Crippen LogP contribution in [0.2, 0.25) is 0 Å². The highest BCUT2D eigenvalue weighted by Crippen LogP contribution is 2.50. The largest absolute Gasteiger partial charge is 0.497 e. The van der Waals surface area contributed by atoms with Crippen LogP contribution in [0.15, 0.2) is 71.7 Å². The first-order valence-electron chi connectivity index (χ1n) is 13.2. The minimum Gasteiger partial charge on any atom is -0.497 e. The fourth-order valence-corrected chi connectivity index (χ4v) is 5.99. The average molecular weight is 497 g/mol. The van der Waals surface area contributed by atoms with Crippen LogP contribution in [-0.2, 0) is 4.79 Å². The van der Waals surface area contributed by atoms with Crippen molar-refractivity contribution in [2.45, 2.75) is 57.9 Å². The lowest BCUT2D eigenvalue weighted by Crippen LogP contribution is -2.41. The molecule has 192 valence electrons. The third kappa shape index (κ3) is 4.75. The zero-order valence-electron chi connectivity index (χ0n) is 22.4. The smallest absolute Gasteiger partial charge is 0.224 e. The standard InChI is InChI=1S/C32H36N2O3/c1-20(2)23-13-17-31(37-5)27(18-23)32-26-16-12-24(22-10-14-25(36-4)15-11-22)19-29(26)33-28-8-6-7-9-30(28)34(32)21(3)35/h6-11,13-15,17-18,20,24,26,32H,12,16,19H2,1-5H3. The second-order valence-corrected chi connectivity index (χ2v) is 10.4. The molecule has 1 amide bonds. The number of ether oxygens (including phenoxy) is 2. The van der Waals surface area contributed by atoms with Crippen molar-refractivity contribution in [1.82, 2.24) is 0 Å². The molecule has 3 atom stereocenters. The maximum Gasteiger partial charge on any atom is 0.224 e. The molecule has 5 rings (SSSR count). The molecular formula is C32H36N2O3. The fourth-order valence-electron chi connectivity index (χ4n) is 5.99. The summed E-state index contributed by atoms with van der Waals surface area (Å²) in [5, 5.41) is 0. The molecule has 1 saturated carbocycles. The van der Waals surface area contributed by atoms with Crippen LogP contribution in [0.3, 0.4) is 0 Å². The van der Waals surface area contributed by atoms with Crippen molar-refractivity contribution in [3.8, 4) is 11.5 Å². The number of anilines is 1. The lowest BCUT2D eigenvalue weighted by Gasteiger charge is -2.40. The molecule has 5 nitrogen and oxygen atoms in total. The second-order valence-electron chi connectivity index (χ2n) is 10.4. The molecule has 0 N–H and O–H groups in total. The van der Waals surface area contributed by atoms with Gasteiger partial charge in [-0.3, -0.25) is 9.79 Å². The van der Waals surface area contributed by atoms with Gasteiger partial charge in [-0.1, -0.05) is 44.2 Å². The molecule has 1 heterocycles. The molecule has 1 aliphatic carbocycles. The molecular weight excluding hydrogens is 460 g/mol. The van der Waals surface area contributed by atoms with E-state index < -0.39 is 0 Å². The second kappa shape index (κ2) is 10.4. The summed E-state index contributed by atoms with van der Waals surface area (Å²) in [7, 11) is 3.41. The number of benzene rings is 3. The first-order valence-corrected chi connectivity index (χ1v) is 13.2. The Labute approximate surface area is 220 Å². The number of carbonyl (C=O) groups excluding carboxylic acids is 1. The summed E-state index contributed by atoms with van der Waals surface area (Å²) in [4.78, 5) is 20.6. The van der Waals surface area contributed by atoms with E-state index in [0.29, 0.717) is 11.8 Å². The van der Waals surface area contributed by atoms with Gasteiger partial charge < -0.3 is 14.4 Å². The van der Waals surface area contributed by atoms with Crippen LogP contribution < -0.4 is 14.4 Å². The summed E-state index contributed by atoms with van der Waals surface area (Å²) in [6.07, 6.45) is 2.83. The Morgan fingerprint density at radius 1 is 0.973 bits per heavy atom. The number of hydrogen-bond donors (Lipinski definition) is 0. The van der Waals surface area contributed by atoms with E-state index in [2.05, 4.69) is 44.2 Å². The van der Waals surface area contributed by atoms with Gasteiger partial charge in [-0.15, -0.1) is 0 Å². The first-order chi connectivity index (χ1) is 17.9. The number of aliphatic imine (C=N–C) groups is 1. The van der Waals surface area contributed by atoms with Gasteiger partial charge in [-0.05, 0) is 78.6 Å². The lowest BCUT2D eigenvalue weighted by atomic mass is 9.72. The van der Waals surface area contributed by atoms with Crippen LogP contribution in [0, 0.1) is 5.92 Å². The van der Waals surface area contributed by atoms with E-state index in [1.165, 1.54) is 11.1 Å². The number of hydrogen-bond acceptors (Lipinski definition) is 4. The quantitative estimate of drug-likeness (QED) is 0.366. The number of rotatable bonds is 5. The van der Waals surface area contributed by atoms with Gasteiger partial charge in [0.05, 0.1) is 31.6 Å². The van der Waals surface area contributed by atoms with Crippen molar-refractivity contribution in [2.24, 2.45) is 10.9 Å². The van der Waals surface area contributed by atoms with Gasteiger partial charge >= 0.3 is 0 Å². The number of nitrogens with zero attached hydrogens (tertiary/aromatic N) is 2. The summed E-state index contributed by atoms with van der Waals surface area (Å²) >= 11 is 0. The topological polar surface area (TPSA) is 51.1 Å². The van der Waals surface area contributed by atoms with Gasteiger partial charge in [0, 0.05) is 24.1 Å². The van der Waals surface area contributed by atoms with Crippen LogP contribution in [-0.4, -0.2) is 25.8 Å². The molecule has 0 saturated heterocycles. The van der Waals surface area contributed by atoms with Gasteiger partial charge in [0.25, 0.3) is 0 Å². The molecule has 37 heavy (non-hydrogen) atoms. The Morgan fingerprint density at radius 3 is 2.41 bits per heavy atom. The molecule has 5 heteroatoms. The summed E-state index contributed by atoms with van der Waals surface area (Å²) < 4.78 is 11.3. The maximum absolute atomic E-state index is 13.4. The van der Waals surface area contributed by atoms with Gasteiger partial charge in [0.15, 0.2) is 0 Å². The third-order valence-electron chi connectivity index (χ3n) is 7.94. The van der Waals surface area contributed by atoms with Crippen molar-refractivity contribution < 1.29 is 14.3 Å². The summed E-state index contributed by atoms with van der Waals surface area (Å²) in [6, 6.07) is 22.7. The molecule has 0 aromatic heterocycles. The molecule has 3 aromatic carbocycles. The van der Waals surface area contributed by atoms with Crippen LogP contribution in [0.25, 0.3) is 0 Å². The van der Waals surface area contributed by atoms with Crippen molar-refractivity contribution >= 4 is 23.0 Å². The predicted octanol–water partition coefficient (Wildman–Crippen LogP) is 7.59. The van der Waals surface area contributed by atoms with Crippen LogP contribution >= 0.6 is 0 Å². The van der Waals surface area contributed by atoms with Gasteiger partial charge in [-0.2, -0.15) is 0 Å². The number of para-hydroxylation sites is 2. The minimum absolute atomic E-state index is 0.0168. The third-order valence-corrected chi connectivity index (χ3v) is 7.94. The van der Waals surface area contributed by atoms with Crippen molar-refractivity contribution in [3.05, 3.63) is 83.4 Å². The molecule has 0 spiro atoms. The van der Waals surface area contributed by atoms with Gasteiger partial charge in [-0.25, -0.2) is 0 Å². The molecule has 0 radical (unpaired) electrons. The van der Waals surface area contributed by atoms with E-state index in [0.717, 1.165) is 53.4 Å². The number of methoxy groups -OCH3 is 2. The van der Waals surface area contributed by atoms with E-state index in [4.69, 9.17) is 14.5 Å². The minimum atomic E-state index is -0.189. The normalized spacial score (nSPS) is 21.0. The number of amides is 1. The molecule has 3 unspecified atom stereocenters. The maximum atomic E-state index is 13.4. The number of carbonyl (C=O) groups is 1. The first kappa shape index (κ1) is 25.1. The van der Waals surface area contributed by atoms with Crippen molar-refractivity contribution in [2.75, 3.05) is 19.1 Å². The Hall–Kier alpha value is -3.60. The van der Waals surface area contributed by atoms with E-state index in [9.17, 15) is 4.79 Å². The Kier molecular flexibility index (Phi) is 7.05. The molecule has 3 aromatic rings. The highest BCUT2D eigenvalue weighted by Gasteiger charge is 2.42. The van der Waals surface area contributed by atoms with Gasteiger partial charge in [0.2, 0.25) is 5.91 Å². The van der Waals surface area contributed by atoms with E-state index in [-0.39, 0.29) is 17.9 Å². The number of fused-ring (bicyclic) bond motifs is 2. The highest BCUT2D eigenvalue weighted by molar-refractivity contribution is 6.02. The van der Waals surface area contributed by atoms with Gasteiger partial charge in [0.1, 0.15) is 11.5 Å². The van der Waals surface area contributed by atoms with Crippen molar-refractivity contribution in [3.63, 3.8) is 0 Å².